The van der Waals surface area contributed by atoms with Crippen molar-refractivity contribution in [3.63, 3.8) is 0 Å². The van der Waals surface area contributed by atoms with Crippen LogP contribution in [0, 0.1) is 11.5 Å². The second kappa shape index (κ2) is 5.65. The number of nitriles is 1. The van der Waals surface area contributed by atoms with E-state index in [9.17, 15) is 4.79 Å². The summed E-state index contributed by atoms with van der Waals surface area (Å²) in [6.07, 6.45) is 4.62. The molecule has 2 heterocycles. The molecule has 21 heavy (non-hydrogen) atoms. The van der Waals surface area contributed by atoms with E-state index in [0.29, 0.717) is 19.7 Å². The van der Waals surface area contributed by atoms with Crippen LogP contribution in [0.4, 0.5) is 5.69 Å². The van der Waals surface area contributed by atoms with E-state index < -0.39 is 0 Å². The third-order valence-electron chi connectivity index (χ3n) is 4.22. The van der Waals surface area contributed by atoms with Gasteiger partial charge in [-0.05, 0) is 38.3 Å². The van der Waals surface area contributed by atoms with Gasteiger partial charge < -0.3 is 9.64 Å². The van der Waals surface area contributed by atoms with Crippen molar-refractivity contribution in [1.29, 1.82) is 5.26 Å². The molecule has 5 nitrogen and oxygen atoms in total. The predicted molar refractivity (Wildman–Crippen MR) is 79.0 cm³/mol. The van der Waals surface area contributed by atoms with E-state index in [1.807, 2.05) is 30.0 Å². The third kappa shape index (κ3) is 2.31. The summed E-state index contributed by atoms with van der Waals surface area (Å²) in [7, 11) is 0. The Kier molecular flexibility index (Phi) is 3.70. The molecule has 3 rings (SSSR count). The molecule has 0 N–H and O–H groups in total. The molecule has 2 aliphatic heterocycles. The van der Waals surface area contributed by atoms with Gasteiger partial charge in [0.25, 0.3) is 0 Å². The normalized spacial score (nSPS) is 20.3. The van der Waals surface area contributed by atoms with E-state index in [1.165, 1.54) is 0 Å². The summed E-state index contributed by atoms with van der Waals surface area (Å²) in [5.41, 5.74) is 2.05. The Morgan fingerprint density at radius 2 is 2.33 bits per heavy atom. The Morgan fingerprint density at radius 1 is 1.48 bits per heavy atom. The van der Waals surface area contributed by atoms with E-state index in [-0.39, 0.29) is 11.9 Å². The van der Waals surface area contributed by atoms with Gasteiger partial charge in [0.15, 0.2) is 6.19 Å². The molecule has 1 atom stereocenters. The van der Waals surface area contributed by atoms with Gasteiger partial charge in [0.05, 0.1) is 12.3 Å². The molecule has 1 saturated heterocycles. The molecule has 0 radical (unpaired) electrons. The first kappa shape index (κ1) is 13.7. The van der Waals surface area contributed by atoms with Gasteiger partial charge in [-0.15, -0.1) is 0 Å². The molecule has 1 fully saturated rings. The molecule has 1 aromatic carbocycles. The van der Waals surface area contributed by atoms with Gasteiger partial charge in [-0.3, -0.25) is 9.69 Å². The van der Waals surface area contributed by atoms with Crippen LogP contribution in [0.15, 0.2) is 18.2 Å². The van der Waals surface area contributed by atoms with Gasteiger partial charge in [-0.1, -0.05) is 6.07 Å². The van der Waals surface area contributed by atoms with Crippen molar-refractivity contribution >= 4 is 11.6 Å². The Bertz CT molecular complexity index is 594. The minimum Gasteiger partial charge on any atom is -0.494 e. The molecule has 110 valence electrons. The lowest BCUT2D eigenvalue weighted by Crippen LogP contribution is -2.43. The largest absolute Gasteiger partial charge is 0.494 e. The summed E-state index contributed by atoms with van der Waals surface area (Å²) in [6, 6.07) is 5.55. The molecule has 2 aliphatic rings. The lowest BCUT2D eigenvalue weighted by Gasteiger charge is -2.24. The number of carbonyl (C=O) groups excluding carboxylic acids is 1. The number of amides is 1. The summed E-state index contributed by atoms with van der Waals surface area (Å²) in [4.78, 5) is 16.2. The monoisotopic (exact) mass is 285 g/mol. The lowest BCUT2D eigenvalue weighted by atomic mass is 10.1. The Labute approximate surface area is 124 Å². The highest BCUT2D eigenvalue weighted by molar-refractivity contribution is 5.99. The standard InChI is InChI=1S/C16H19N3O2/c1-2-21-15-7-3-5-13-12(15)8-10-19(13)16(20)14-6-4-9-18(14)11-17/h3,5,7,14H,2,4,6,8-10H2,1H3. The number of likely N-dealkylation sites (tertiary alicyclic amines) is 1. The fourth-order valence-corrected chi connectivity index (χ4v) is 3.24. The SMILES string of the molecule is CCOc1cccc2c1CCN2C(=O)C1CCCN1C#N. The summed E-state index contributed by atoms with van der Waals surface area (Å²) in [5.74, 6) is 0.912. The van der Waals surface area contributed by atoms with Crippen molar-refractivity contribution in [2.45, 2.75) is 32.2 Å². The van der Waals surface area contributed by atoms with Gasteiger partial charge >= 0.3 is 0 Å². The maximum absolute atomic E-state index is 12.7. The van der Waals surface area contributed by atoms with Crippen molar-refractivity contribution in [2.24, 2.45) is 0 Å². The smallest absolute Gasteiger partial charge is 0.250 e. The van der Waals surface area contributed by atoms with Crippen LogP contribution in [-0.4, -0.2) is 36.5 Å². The van der Waals surface area contributed by atoms with Gasteiger partial charge in [0.1, 0.15) is 11.8 Å². The van der Waals surface area contributed by atoms with Crippen molar-refractivity contribution in [3.05, 3.63) is 23.8 Å². The summed E-state index contributed by atoms with van der Waals surface area (Å²) in [5, 5.41) is 9.12. The maximum atomic E-state index is 12.7. The zero-order valence-corrected chi connectivity index (χ0v) is 12.2. The zero-order valence-electron chi connectivity index (χ0n) is 12.2. The number of rotatable bonds is 3. The zero-order chi connectivity index (χ0) is 14.8. The van der Waals surface area contributed by atoms with Crippen molar-refractivity contribution in [1.82, 2.24) is 4.90 Å². The number of ether oxygens (including phenoxy) is 1. The topological polar surface area (TPSA) is 56.6 Å². The van der Waals surface area contributed by atoms with Gasteiger partial charge in [-0.2, -0.15) is 5.26 Å². The molecule has 0 aromatic heterocycles. The average molecular weight is 285 g/mol. The van der Waals surface area contributed by atoms with Gasteiger partial charge in [0.2, 0.25) is 5.91 Å². The number of hydrogen-bond donors (Lipinski definition) is 0. The quantitative estimate of drug-likeness (QED) is 0.796. The van der Waals surface area contributed by atoms with Crippen LogP contribution in [0.3, 0.4) is 0 Å². The summed E-state index contributed by atoms with van der Waals surface area (Å²) >= 11 is 0. The van der Waals surface area contributed by atoms with E-state index in [0.717, 1.165) is 36.3 Å². The van der Waals surface area contributed by atoms with E-state index >= 15 is 0 Å². The minimum atomic E-state index is -0.295. The first-order valence-corrected chi connectivity index (χ1v) is 7.48. The summed E-state index contributed by atoms with van der Waals surface area (Å²) in [6.45, 7) is 3.94. The molecular weight excluding hydrogens is 266 g/mol. The van der Waals surface area contributed by atoms with Gasteiger partial charge in [-0.25, -0.2) is 0 Å². The number of anilines is 1. The molecule has 0 spiro atoms. The van der Waals surface area contributed by atoms with Crippen LogP contribution in [0.25, 0.3) is 0 Å². The second-order valence-electron chi connectivity index (χ2n) is 5.38. The van der Waals surface area contributed by atoms with Gasteiger partial charge in [0, 0.05) is 18.7 Å². The van der Waals surface area contributed by atoms with E-state index in [2.05, 4.69) is 6.19 Å². The second-order valence-corrected chi connectivity index (χ2v) is 5.38. The number of benzene rings is 1. The lowest BCUT2D eigenvalue weighted by molar-refractivity contribution is -0.121. The highest BCUT2D eigenvalue weighted by Gasteiger charge is 2.36. The first-order chi connectivity index (χ1) is 10.3. The van der Waals surface area contributed by atoms with Crippen LogP contribution in [0.1, 0.15) is 25.3 Å². The highest BCUT2D eigenvalue weighted by atomic mass is 16.5. The van der Waals surface area contributed by atoms with Crippen LogP contribution in [0.2, 0.25) is 0 Å². The molecule has 0 bridgehead atoms. The molecule has 1 unspecified atom stereocenters. The minimum absolute atomic E-state index is 0.0430. The molecule has 1 amide bonds. The Balaban J connectivity index is 1.86. The van der Waals surface area contributed by atoms with Crippen molar-refractivity contribution < 1.29 is 9.53 Å². The fraction of sp³-hybridized carbons (Fsp3) is 0.500. The molecular formula is C16H19N3O2. The van der Waals surface area contributed by atoms with Crippen LogP contribution in [0.5, 0.6) is 5.75 Å². The maximum Gasteiger partial charge on any atom is 0.250 e. The van der Waals surface area contributed by atoms with Crippen LogP contribution >= 0.6 is 0 Å². The molecule has 5 heteroatoms. The highest BCUT2D eigenvalue weighted by Crippen LogP contribution is 2.36. The number of nitrogens with zero attached hydrogens (tertiary/aromatic N) is 3. The number of fused-ring (bicyclic) bond motifs is 1. The predicted octanol–water partition coefficient (Wildman–Crippen LogP) is 1.92. The Morgan fingerprint density at radius 3 is 3.10 bits per heavy atom. The average Bonchev–Trinajstić information content (AvgIpc) is 3.14. The molecule has 0 saturated carbocycles. The van der Waals surface area contributed by atoms with Crippen molar-refractivity contribution in [2.75, 3.05) is 24.6 Å². The van der Waals surface area contributed by atoms with E-state index in [4.69, 9.17) is 10.00 Å². The van der Waals surface area contributed by atoms with Crippen LogP contribution < -0.4 is 9.64 Å². The van der Waals surface area contributed by atoms with Crippen LogP contribution in [-0.2, 0) is 11.2 Å². The number of carbonyl (C=O) groups is 1. The van der Waals surface area contributed by atoms with Crippen molar-refractivity contribution in [3.8, 4) is 11.9 Å². The van der Waals surface area contributed by atoms with E-state index in [1.54, 1.807) is 4.90 Å². The third-order valence-corrected chi connectivity index (χ3v) is 4.22. The molecule has 1 aromatic rings. The number of hydrogen-bond acceptors (Lipinski definition) is 4. The Hall–Kier alpha value is -2.22. The molecule has 0 aliphatic carbocycles. The fourth-order valence-electron chi connectivity index (χ4n) is 3.24. The first-order valence-electron chi connectivity index (χ1n) is 7.48. The summed E-state index contributed by atoms with van der Waals surface area (Å²) < 4.78 is 5.64.